The van der Waals surface area contributed by atoms with Gasteiger partial charge in [-0.15, -0.1) is 0 Å². The van der Waals surface area contributed by atoms with Crippen LogP contribution >= 0.6 is 0 Å². The van der Waals surface area contributed by atoms with Gasteiger partial charge in [0.15, 0.2) is 5.82 Å². The standard InChI is InChI=1S/C11H20N4O2S/c1-3-7-15(9-5-6-9)18(16,17)10-8-14(4-2)13-11(10)12/h8-9H,3-7H2,1-2H3,(H2,12,13). The van der Waals surface area contributed by atoms with Gasteiger partial charge in [0.2, 0.25) is 10.0 Å². The van der Waals surface area contributed by atoms with Crippen LogP contribution in [0.3, 0.4) is 0 Å². The summed E-state index contributed by atoms with van der Waals surface area (Å²) in [5.41, 5.74) is 5.72. The minimum absolute atomic E-state index is 0.0959. The van der Waals surface area contributed by atoms with E-state index in [0.717, 1.165) is 19.3 Å². The van der Waals surface area contributed by atoms with E-state index in [-0.39, 0.29) is 16.8 Å². The van der Waals surface area contributed by atoms with Crippen LogP contribution in [-0.4, -0.2) is 35.1 Å². The van der Waals surface area contributed by atoms with E-state index in [1.807, 2.05) is 13.8 Å². The van der Waals surface area contributed by atoms with Crippen LogP contribution in [0.15, 0.2) is 11.1 Å². The topological polar surface area (TPSA) is 81.2 Å². The molecule has 0 atom stereocenters. The van der Waals surface area contributed by atoms with Gasteiger partial charge in [-0.1, -0.05) is 6.92 Å². The van der Waals surface area contributed by atoms with Gasteiger partial charge in [-0.05, 0) is 26.2 Å². The molecule has 1 fully saturated rings. The molecule has 1 aromatic rings. The Kier molecular flexibility index (Phi) is 3.63. The molecule has 0 saturated heterocycles. The molecule has 6 nitrogen and oxygen atoms in total. The highest BCUT2D eigenvalue weighted by Gasteiger charge is 2.39. The highest BCUT2D eigenvalue weighted by molar-refractivity contribution is 7.89. The van der Waals surface area contributed by atoms with Gasteiger partial charge < -0.3 is 5.73 Å². The lowest BCUT2D eigenvalue weighted by Crippen LogP contribution is -2.34. The van der Waals surface area contributed by atoms with Crippen molar-refractivity contribution >= 4 is 15.8 Å². The maximum Gasteiger partial charge on any atom is 0.248 e. The first-order valence-electron chi connectivity index (χ1n) is 6.35. The molecule has 0 radical (unpaired) electrons. The van der Waals surface area contributed by atoms with E-state index in [4.69, 9.17) is 5.73 Å². The molecule has 0 amide bonds. The summed E-state index contributed by atoms with van der Waals surface area (Å²) in [6.07, 6.45) is 4.22. The zero-order valence-electron chi connectivity index (χ0n) is 10.8. The van der Waals surface area contributed by atoms with Gasteiger partial charge in [0, 0.05) is 25.3 Å². The Balaban J connectivity index is 2.35. The van der Waals surface area contributed by atoms with E-state index in [1.165, 1.54) is 6.20 Å². The minimum atomic E-state index is -3.49. The third kappa shape index (κ3) is 2.37. The van der Waals surface area contributed by atoms with E-state index >= 15 is 0 Å². The summed E-state index contributed by atoms with van der Waals surface area (Å²) in [5.74, 6) is 0.0959. The quantitative estimate of drug-likeness (QED) is 0.839. The number of nitrogens with zero attached hydrogens (tertiary/aromatic N) is 3. The number of hydrogen-bond donors (Lipinski definition) is 1. The Morgan fingerprint density at radius 1 is 1.50 bits per heavy atom. The van der Waals surface area contributed by atoms with E-state index in [9.17, 15) is 8.42 Å². The normalized spacial score (nSPS) is 16.4. The lowest BCUT2D eigenvalue weighted by atomic mass is 10.5. The SMILES string of the molecule is CCCN(C1CC1)S(=O)(=O)c1cn(CC)nc1N. The average molecular weight is 272 g/mol. The van der Waals surface area contributed by atoms with E-state index in [1.54, 1.807) is 8.99 Å². The number of rotatable bonds is 6. The van der Waals surface area contributed by atoms with Crippen LogP contribution in [0.4, 0.5) is 5.82 Å². The summed E-state index contributed by atoms with van der Waals surface area (Å²) in [7, 11) is -3.49. The van der Waals surface area contributed by atoms with Crippen molar-refractivity contribution < 1.29 is 8.42 Å². The maximum atomic E-state index is 12.5. The number of aryl methyl sites for hydroxylation is 1. The summed E-state index contributed by atoms with van der Waals surface area (Å²) in [5, 5.41) is 4.01. The van der Waals surface area contributed by atoms with Crippen molar-refractivity contribution in [3.05, 3.63) is 6.20 Å². The molecule has 102 valence electrons. The van der Waals surface area contributed by atoms with Gasteiger partial charge in [-0.25, -0.2) is 8.42 Å². The van der Waals surface area contributed by atoms with Crippen molar-refractivity contribution in [3.8, 4) is 0 Å². The van der Waals surface area contributed by atoms with Crippen LogP contribution in [0.25, 0.3) is 0 Å². The first-order valence-corrected chi connectivity index (χ1v) is 7.79. The van der Waals surface area contributed by atoms with E-state index < -0.39 is 10.0 Å². The van der Waals surface area contributed by atoms with Gasteiger partial charge in [0.25, 0.3) is 0 Å². The number of nitrogen functional groups attached to an aromatic ring is 1. The van der Waals surface area contributed by atoms with Crippen LogP contribution in [0.5, 0.6) is 0 Å². The van der Waals surface area contributed by atoms with Crippen LogP contribution in [0.1, 0.15) is 33.1 Å². The average Bonchev–Trinajstić information content (AvgIpc) is 3.08. The minimum Gasteiger partial charge on any atom is -0.381 e. The highest BCUT2D eigenvalue weighted by Crippen LogP contribution is 2.33. The molecule has 0 spiro atoms. The summed E-state index contributed by atoms with van der Waals surface area (Å²) < 4.78 is 28.2. The first kappa shape index (κ1) is 13.4. The van der Waals surface area contributed by atoms with Crippen molar-refractivity contribution in [1.82, 2.24) is 14.1 Å². The first-order chi connectivity index (χ1) is 8.50. The summed E-state index contributed by atoms with van der Waals surface area (Å²) >= 11 is 0. The van der Waals surface area contributed by atoms with Gasteiger partial charge >= 0.3 is 0 Å². The summed E-state index contributed by atoms with van der Waals surface area (Å²) in [4.78, 5) is 0.143. The molecule has 0 aliphatic heterocycles. The molecule has 0 aromatic carbocycles. The fraction of sp³-hybridized carbons (Fsp3) is 0.727. The van der Waals surface area contributed by atoms with Crippen molar-refractivity contribution in [2.45, 2.75) is 50.6 Å². The van der Waals surface area contributed by atoms with Crippen LogP contribution in [-0.2, 0) is 16.6 Å². The number of anilines is 1. The predicted octanol–water partition coefficient (Wildman–Crippen LogP) is 1.05. The van der Waals surface area contributed by atoms with Crippen LogP contribution in [0.2, 0.25) is 0 Å². The summed E-state index contributed by atoms with van der Waals surface area (Å²) in [6.45, 7) is 5.03. The number of sulfonamides is 1. The highest BCUT2D eigenvalue weighted by atomic mass is 32.2. The third-order valence-electron chi connectivity index (χ3n) is 3.06. The number of nitrogens with two attached hydrogens (primary N) is 1. The molecule has 1 saturated carbocycles. The zero-order valence-corrected chi connectivity index (χ0v) is 11.7. The zero-order chi connectivity index (χ0) is 13.3. The molecule has 7 heteroatoms. The molecule has 1 aromatic heterocycles. The number of aromatic nitrogens is 2. The molecular formula is C11H20N4O2S. The second-order valence-electron chi connectivity index (χ2n) is 4.58. The van der Waals surface area contributed by atoms with Crippen LogP contribution in [0, 0.1) is 0 Å². The van der Waals surface area contributed by atoms with Gasteiger partial charge in [0.05, 0.1) is 0 Å². The smallest absolute Gasteiger partial charge is 0.248 e. The van der Waals surface area contributed by atoms with Crippen LogP contribution < -0.4 is 5.73 Å². The third-order valence-corrected chi connectivity index (χ3v) is 5.03. The van der Waals surface area contributed by atoms with E-state index in [0.29, 0.717) is 13.1 Å². The predicted molar refractivity (Wildman–Crippen MR) is 69.5 cm³/mol. The molecule has 1 aliphatic carbocycles. The molecule has 1 aliphatic rings. The molecule has 18 heavy (non-hydrogen) atoms. The maximum absolute atomic E-state index is 12.5. The fourth-order valence-corrected chi connectivity index (χ4v) is 3.83. The van der Waals surface area contributed by atoms with Gasteiger partial charge in [0.1, 0.15) is 4.90 Å². The molecular weight excluding hydrogens is 252 g/mol. The lowest BCUT2D eigenvalue weighted by molar-refractivity contribution is 0.403. The monoisotopic (exact) mass is 272 g/mol. The van der Waals surface area contributed by atoms with Gasteiger partial charge in [-0.3, -0.25) is 4.68 Å². The summed E-state index contributed by atoms with van der Waals surface area (Å²) in [6, 6.07) is 0.152. The Hall–Kier alpha value is -1.08. The molecule has 2 rings (SSSR count). The lowest BCUT2D eigenvalue weighted by Gasteiger charge is -2.20. The number of hydrogen-bond acceptors (Lipinski definition) is 4. The Morgan fingerprint density at radius 3 is 2.61 bits per heavy atom. The van der Waals surface area contributed by atoms with Crippen molar-refractivity contribution in [2.75, 3.05) is 12.3 Å². The fourth-order valence-electron chi connectivity index (χ4n) is 1.99. The largest absolute Gasteiger partial charge is 0.381 e. The molecule has 1 heterocycles. The van der Waals surface area contributed by atoms with Crippen molar-refractivity contribution in [1.29, 1.82) is 0 Å². The Labute approximate surface area is 108 Å². The molecule has 2 N–H and O–H groups in total. The second-order valence-corrected chi connectivity index (χ2v) is 6.44. The Bertz CT molecular complexity index is 519. The van der Waals surface area contributed by atoms with Crippen molar-refractivity contribution in [3.63, 3.8) is 0 Å². The van der Waals surface area contributed by atoms with Crippen molar-refractivity contribution in [2.24, 2.45) is 0 Å². The van der Waals surface area contributed by atoms with Gasteiger partial charge in [-0.2, -0.15) is 9.40 Å². The van der Waals surface area contributed by atoms with E-state index in [2.05, 4.69) is 5.10 Å². The molecule has 0 bridgehead atoms. The second kappa shape index (κ2) is 4.89. The Morgan fingerprint density at radius 2 is 2.17 bits per heavy atom. The molecule has 0 unspecified atom stereocenters.